The molecule has 1 heterocycles. The minimum atomic E-state index is -0.390. The molecule has 1 N–H and O–H groups in total. The highest BCUT2D eigenvalue weighted by Crippen LogP contribution is 2.22. The van der Waals surface area contributed by atoms with Gasteiger partial charge >= 0.3 is 0 Å². The van der Waals surface area contributed by atoms with Crippen LogP contribution >= 0.6 is 0 Å². The van der Waals surface area contributed by atoms with Crippen molar-refractivity contribution in [3.8, 4) is 5.75 Å². The Morgan fingerprint density at radius 3 is 2.67 bits per heavy atom. The summed E-state index contributed by atoms with van der Waals surface area (Å²) in [5, 5.41) is 10.4. The third-order valence-electron chi connectivity index (χ3n) is 4.13. The van der Waals surface area contributed by atoms with Crippen LogP contribution in [0.4, 0.5) is 0 Å². The van der Waals surface area contributed by atoms with E-state index < -0.39 is 6.10 Å². The Hall–Kier alpha value is -1.06. The minimum absolute atomic E-state index is 0.390. The molecule has 0 radical (unpaired) electrons. The zero-order valence-corrected chi connectivity index (χ0v) is 13.3. The van der Waals surface area contributed by atoms with Gasteiger partial charge in [0.15, 0.2) is 0 Å². The largest absolute Gasteiger partial charge is 0.494 e. The fourth-order valence-corrected chi connectivity index (χ4v) is 2.86. The molecule has 1 saturated heterocycles. The number of benzene rings is 1. The Morgan fingerprint density at radius 2 is 1.95 bits per heavy atom. The van der Waals surface area contributed by atoms with Crippen molar-refractivity contribution in [2.24, 2.45) is 0 Å². The molecule has 1 aromatic rings. The van der Waals surface area contributed by atoms with E-state index in [9.17, 15) is 5.11 Å². The number of rotatable bonds is 7. The zero-order chi connectivity index (χ0) is 14.9. The van der Waals surface area contributed by atoms with Crippen LogP contribution in [0.3, 0.4) is 0 Å². The van der Waals surface area contributed by atoms with Crippen molar-refractivity contribution in [3.05, 3.63) is 29.8 Å². The van der Waals surface area contributed by atoms with Crippen LogP contribution < -0.4 is 4.74 Å². The standard InChI is InChI=1S/C18H29NO2/c1-2-14-21-17-9-7-8-16(15-17)18(20)10-13-19-11-5-3-4-6-12-19/h7-9,15,18,20H,2-6,10-14H2,1H3. The first kappa shape index (κ1) is 16.3. The molecule has 21 heavy (non-hydrogen) atoms. The van der Waals surface area contributed by atoms with Crippen molar-refractivity contribution in [1.82, 2.24) is 4.90 Å². The van der Waals surface area contributed by atoms with Gasteiger partial charge in [-0.1, -0.05) is 31.9 Å². The fourth-order valence-electron chi connectivity index (χ4n) is 2.86. The van der Waals surface area contributed by atoms with E-state index in [0.29, 0.717) is 0 Å². The lowest BCUT2D eigenvalue weighted by Crippen LogP contribution is -2.26. The SMILES string of the molecule is CCCOc1cccc(C(O)CCN2CCCCCC2)c1. The van der Waals surface area contributed by atoms with Gasteiger partial charge in [-0.05, 0) is 56.5 Å². The van der Waals surface area contributed by atoms with E-state index in [1.165, 1.54) is 38.8 Å². The number of aliphatic hydroxyl groups excluding tert-OH is 1. The molecule has 2 rings (SSSR count). The summed E-state index contributed by atoms with van der Waals surface area (Å²) in [6.07, 6.45) is 6.73. The maximum Gasteiger partial charge on any atom is 0.119 e. The monoisotopic (exact) mass is 291 g/mol. The Balaban J connectivity index is 1.82. The van der Waals surface area contributed by atoms with Crippen LogP contribution in [0.2, 0.25) is 0 Å². The molecule has 3 heteroatoms. The van der Waals surface area contributed by atoms with Gasteiger partial charge in [-0.15, -0.1) is 0 Å². The molecule has 118 valence electrons. The molecule has 3 nitrogen and oxygen atoms in total. The first-order valence-corrected chi connectivity index (χ1v) is 8.43. The number of hydrogen-bond acceptors (Lipinski definition) is 3. The van der Waals surface area contributed by atoms with E-state index in [-0.39, 0.29) is 0 Å². The maximum absolute atomic E-state index is 10.4. The summed E-state index contributed by atoms with van der Waals surface area (Å²) in [5.41, 5.74) is 0.971. The Labute approximate surface area is 128 Å². The Bertz CT molecular complexity index is 400. The minimum Gasteiger partial charge on any atom is -0.494 e. The summed E-state index contributed by atoms with van der Waals surface area (Å²) in [7, 11) is 0. The summed E-state index contributed by atoms with van der Waals surface area (Å²) in [6, 6.07) is 7.89. The van der Waals surface area contributed by atoms with Gasteiger partial charge in [-0.2, -0.15) is 0 Å². The van der Waals surface area contributed by atoms with Crippen molar-refractivity contribution in [2.45, 2.75) is 51.6 Å². The van der Waals surface area contributed by atoms with E-state index in [2.05, 4.69) is 11.8 Å². The van der Waals surface area contributed by atoms with E-state index in [1.54, 1.807) is 0 Å². The molecule has 1 aliphatic heterocycles. The van der Waals surface area contributed by atoms with Crippen LogP contribution in [0.15, 0.2) is 24.3 Å². The van der Waals surface area contributed by atoms with Crippen LogP contribution in [0.1, 0.15) is 57.1 Å². The highest BCUT2D eigenvalue weighted by atomic mass is 16.5. The highest BCUT2D eigenvalue weighted by molar-refractivity contribution is 5.29. The number of aliphatic hydroxyl groups is 1. The predicted molar refractivity (Wildman–Crippen MR) is 86.7 cm³/mol. The van der Waals surface area contributed by atoms with E-state index >= 15 is 0 Å². The fraction of sp³-hybridized carbons (Fsp3) is 0.667. The first-order chi connectivity index (χ1) is 10.3. The predicted octanol–water partition coefficient (Wildman–Crippen LogP) is 3.77. The van der Waals surface area contributed by atoms with Crippen molar-refractivity contribution < 1.29 is 9.84 Å². The summed E-state index contributed by atoms with van der Waals surface area (Å²) in [4.78, 5) is 2.49. The topological polar surface area (TPSA) is 32.7 Å². The number of nitrogens with zero attached hydrogens (tertiary/aromatic N) is 1. The van der Waals surface area contributed by atoms with E-state index in [1.807, 2.05) is 24.3 Å². The lowest BCUT2D eigenvalue weighted by molar-refractivity contribution is 0.142. The van der Waals surface area contributed by atoms with Crippen molar-refractivity contribution in [1.29, 1.82) is 0 Å². The number of ether oxygens (including phenoxy) is 1. The zero-order valence-electron chi connectivity index (χ0n) is 13.3. The van der Waals surface area contributed by atoms with Gasteiger partial charge < -0.3 is 14.7 Å². The summed E-state index contributed by atoms with van der Waals surface area (Å²) < 4.78 is 5.64. The van der Waals surface area contributed by atoms with Gasteiger partial charge in [0.25, 0.3) is 0 Å². The summed E-state index contributed by atoms with van der Waals surface area (Å²) >= 11 is 0. The van der Waals surface area contributed by atoms with Gasteiger partial charge in [0.2, 0.25) is 0 Å². The average molecular weight is 291 g/mol. The Kier molecular flexibility index (Phi) is 7.04. The van der Waals surface area contributed by atoms with Crippen LogP contribution in [-0.4, -0.2) is 36.2 Å². The van der Waals surface area contributed by atoms with E-state index in [0.717, 1.165) is 37.3 Å². The van der Waals surface area contributed by atoms with Crippen molar-refractivity contribution in [3.63, 3.8) is 0 Å². The highest BCUT2D eigenvalue weighted by Gasteiger charge is 2.13. The molecule has 1 aromatic carbocycles. The van der Waals surface area contributed by atoms with Crippen molar-refractivity contribution >= 4 is 0 Å². The molecular formula is C18H29NO2. The van der Waals surface area contributed by atoms with Crippen molar-refractivity contribution in [2.75, 3.05) is 26.2 Å². The molecule has 1 aliphatic rings. The molecular weight excluding hydrogens is 262 g/mol. The maximum atomic E-state index is 10.4. The third kappa shape index (κ3) is 5.68. The molecule has 0 aromatic heterocycles. The lowest BCUT2D eigenvalue weighted by Gasteiger charge is -2.21. The quantitative estimate of drug-likeness (QED) is 0.830. The van der Waals surface area contributed by atoms with E-state index in [4.69, 9.17) is 4.74 Å². The summed E-state index contributed by atoms with van der Waals surface area (Å²) in [5.74, 6) is 0.864. The third-order valence-corrected chi connectivity index (χ3v) is 4.13. The molecule has 0 saturated carbocycles. The van der Waals surface area contributed by atoms with Gasteiger partial charge in [-0.3, -0.25) is 0 Å². The number of likely N-dealkylation sites (tertiary alicyclic amines) is 1. The van der Waals surface area contributed by atoms with Gasteiger partial charge in [0.1, 0.15) is 5.75 Å². The molecule has 1 fully saturated rings. The van der Waals surface area contributed by atoms with Crippen LogP contribution in [-0.2, 0) is 0 Å². The van der Waals surface area contributed by atoms with Gasteiger partial charge in [-0.25, -0.2) is 0 Å². The first-order valence-electron chi connectivity index (χ1n) is 8.43. The summed E-state index contributed by atoms with van der Waals surface area (Å²) in [6.45, 7) is 6.19. The lowest BCUT2D eigenvalue weighted by atomic mass is 10.1. The molecule has 0 bridgehead atoms. The average Bonchev–Trinajstić information content (AvgIpc) is 2.79. The van der Waals surface area contributed by atoms with Crippen LogP contribution in [0.25, 0.3) is 0 Å². The van der Waals surface area contributed by atoms with Gasteiger partial charge in [0.05, 0.1) is 12.7 Å². The normalized spacial score (nSPS) is 18.2. The molecule has 1 unspecified atom stereocenters. The smallest absolute Gasteiger partial charge is 0.119 e. The second-order valence-corrected chi connectivity index (χ2v) is 5.98. The van der Waals surface area contributed by atoms with Crippen LogP contribution in [0, 0.1) is 0 Å². The molecule has 0 aliphatic carbocycles. The molecule has 1 atom stereocenters. The second-order valence-electron chi connectivity index (χ2n) is 5.98. The molecule has 0 amide bonds. The Morgan fingerprint density at radius 1 is 1.19 bits per heavy atom. The number of hydrogen-bond donors (Lipinski definition) is 1. The second kappa shape index (κ2) is 9.06. The van der Waals surface area contributed by atoms with Gasteiger partial charge in [0, 0.05) is 6.54 Å². The van der Waals surface area contributed by atoms with Crippen LogP contribution in [0.5, 0.6) is 5.75 Å². The molecule has 0 spiro atoms.